The van der Waals surface area contributed by atoms with Crippen molar-refractivity contribution in [3.05, 3.63) is 103 Å². The fraction of sp³-hybridized carbons (Fsp3) is 0.160. The quantitative estimate of drug-likeness (QED) is 0.475. The Hall–Kier alpha value is -3.73. The van der Waals surface area contributed by atoms with E-state index in [4.69, 9.17) is 0 Å². The van der Waals surface area contributed by atoms with Crippen LogP contribution in [0.25, 0.3) is 16.8 Å². The average molecular weight is 396 g/mol. The number of hydrogen-bond donors (Lipinski definition) is 0. The first-order valence-electron chi connectivity index (χ1n) is 9.97. The molecule has 2 aromatic heterocycles. The van der Waals surface area contributed by atoms with E-state index in [1.165, 1.54) is 0 Å². The second kappa shape index (κ2) is 8.74. The Labute approximate surface area is 176 Å². The number of pyridine rings is 1. The summed E-state index contributed by atoms with van der Waals surface area (Å²) in [7, 11) is 1.85. The molecule has 2 heterocycles. The van der Waals surface area contributed by atoms with E-state index in [9.17, 15) is 4.79 Å². The largest absolute Gasteiger partial charge is 0.339 e. The van der Waals surface area contributed by atoms with Crippen LogP contribution in [0.2, 0.25) is 0 Å². The first-order chi connectivity index (χ1) is 14.6. The van der Waals surface area contributed by atoms with Gasteiger partial charge in [-0.1, -0.05) is 36.4 Å². The fourth-order valence-electron chi connectivity index (χ4n) is 3.43. The molecule has 0 bridgehead atoms. The molecule has 0 saturated carbocycles. The van der Waals surface area contributed by atoms with Gasteiger partial charge in [0.1, 0.15) is 0 Å². The first-order valence-corrected chi connectivity index (χ1v) is 9.97. The predicted octanol–water partition coefficient (Wildman–Crippen LogP) is 4.70. The zero-order valence-corrected chi connectivity index (χ0v) is 17.1. The minimum absolute atomic E-state index is 0.0385. The normalized spacial score (nSPS) is 11.8. The molecule has 0 fully saturated rings. The van der Waals surface area contributed by atoms with E-state index in [-0.39, 0.29) is 11.9 Å². The van der Waals surface area contributed by atoms with Gasteiger partial charge >= 0.3 is 0 Å². The number of amides is 1. The third kappa shape index (κ3) is 4.30. The van der Waals surface area contributed by atoms with Crippen LogP contribution in [0, 0.1) is 0 Å². The molecule has 0 radical (unpaired) electrons. The predicted molar refractivity (Wildman–Crippen MR) is 118 cm³/mol. The molecule has 1 amide bonds. The van der Waals surface area contributed by atoms with Crippen LogP contribution in [-0.2, 0) is 11.2 Å². The smallest absolute Gasteiger partial charge is 0.227 e. The van der Waals surface area contributed by atoms with Gasteiger partial charge in [-0.2, -0.15) is 5.10 Å². The lowest BCUT2D eigenvalue weighted by molar-refractivity contribution is -0.131. The maximum atomic E-state index is 12.9. The van der Waals surface area contributed by atoms with Gasteiger partial charge in [0.05, 0.1) is 24.3 Å². The van der Waals surface area contributed by atoms with Gasteiger partial charge in [0.15, 0.2) is 0 Å². The summed E-state index contributed by atoms with van der Waals surface area (Å²) in [4.78, 5) is 18.8. The molecule has 5 heteroatoms. The van der Waals surface area contributed by atoms with Crippen molar-refractivity contribution in [1.82, 2.24) is 19.7 Å². The van der Waals surface area contributed by atoms with E-state index in [1.807, 2.05) is 61.8 Å². The van der Waals surface area contributed by atoms with E-state index < -0.39 is 0 Å². The van der Waals surface area contributed by atoms with Crippen molar-refractivity contribution >= 4 is 5.91 Å². The highest BCUT2D eigenvalue weighted by Crippen LogP contribution is 2.25. The molecular weight excluding hydrogens is 372 g/mol. The summed E-state index contributed by atoms with van der Waals surface area (Å²) in [5, 5.41) is 4.39. The van der Waals surface area contributed by atoms with E-state index in [0.29, 0.717) is 6.42 Å². The Morgan fingerprint density at radius 3 is 2.53 bits per heavy atom. The van der Waals surface area contributed by atoms with Gasteiger partial charge in [-0.25, -0.2) is 4.68 Å². The van der Waals surface area contributed by atoms with Crippen molar-refractivity contribution in [2.75, 3.05) is 7.05 Å². The Morgan fingerprint density at radius 2 is 1.77 bits per heavy atom. The standard InChI is InChI=1S/C25H24N4O/c1-19(22-7-6-8-23(16-22)21-11-13-26-14-12-21)28(2)25(30)15-20-17-27-29(18-20)24-9-4-3-5-10-24/h3-14,16-19H,15H2,1-2H3. The summed E-state index contributed by atoms with van der Waals surface area (Å²) in [6.45, 7) is 2.05. The molecule has 4 rings (SSSR count). The molecule has 0 spiro atoms. The van der Waals surface area contributed by atoms with Crippen molar-refractivity contribution in [2.45, 2.75) is 19.4 Å². The van der Waals surface area contributed by atoms with Crippen LogP contribution in [0.3, 0.4) is 0 Å². The second-order valence-corrected chi connectivity index (χ2v) is 7.35. The summed E-state index contributed by atoms with van der Waals surface area (Å²) in [6.07, 6.45) is 7.56. The molecule has 0 aliphatic carbocycles. The Bertz CT molecular complexity index is 1120. The number of hydrogen-bond acceptors (Lipinski definition) is 3. The fourth-order valence-corrected chi connectivity index (χ4v) is 3.43. The monoisotopic (exact) mass is 396 g/mol. The number of likely N-dealkylation sites (N-methyl/N-ethyl adjacent to an activating group) is 1. The number of nitrogens with zero attached hydrogens (tertiary/aromatic N) is 4. The van der Waals surface area contributed by atoms with Crippen LogP contribution >= 0.6 is 0 Å². The minimum Gasteiger partial charge on any atom is -0.339 e. The number of rotatable bonds is 6. The maximum Gasteiger partial charge on any atom is 0.227 e. The van der Waals surface area contributed by atoms with Crippen molar-refractivity contribution in [3.8, 4) is 16.8 Å². The van der Waals surface area contributed by atoms with Crippen LogP contribution in [0.5, 0.6) is 0 Å². The van der Waals surface area contributed by atoms with Crippen LogP contribution in [0.4, 0.5) is 0 Å². The molecule has 0 aliphatic rings. The van der Waals surface area contributed by atoms with Gasteiger partial charge in [0, 0.05) is 25.6 Å². The molecule has 2 aromatic carbocycles. The Morgan fingerprint density at radius 1 is 1.00 bits per heavy atom. The van der Waals surface area contributed by atoms with Gasteiger partial charge in [0.2, 0.25) is 5.91 Å². The van der Waals surface area contributed by atoms with Gasteiger partial charge in [-0.3, -0.25) is 9.78 Å². The number of aromatic nitrogens is 3. The number of carbonyl (C=O) groups is 1. The Balaban J connectivity index is 1.46. The van der Waals surface area contributed by atoms with Crippen LogP contribution in [0.15, 0.2) is 91.5 Å². The summed E-state index contributed by atoms with van der Waals surface area (Å²) < 4.78 is 1.80. The van der Waals surface area contributed by atoms with Crippen LogP contribution in [0.1, 0.15) is 24.1 Å². The average Bonchev–Trinajstić information content (AvgIpc) is 3.28. The van der Waals surface area contributed by atoms with Gasteiger partial charge in [0.25, 0.3) is 0 Å². The summed E-state index contributed by atoms with van der Waals surface area (Å²) in [5.74, 6) is 0.0597. The Kier molecular flexibility index (Phi) is 5.70. The third-order valence-corrected chi connectivity index (χ3v) is 5.37. The van der Waals surface area contributed by atoms with Gasteiger partial charge in [-0.05, 0) is 59.5 Å². The molecule has 1 unspecified atom stereocenters. The lowest BCUT2D eigenvalue weighted by Crippen LogP contribution is -2.30. The third-order valence-electron chi connectivity index (χ3n) is 5.37. The lowest BCUT2D eigenvalue weighted by Gasteiger charge is -2.25. The molecule has 5 nitrogen and oxygen atoms in total. The summed E-state index contributed by atoms with van der Waals surface area (Å²) in [5.41, 5.74) is 5.20. The molecule has 0 aliphatic heterocycles. The number of para-hydroxylation sites is 1. The first kappa shape index (κ1) is 19.6. The second-order valence-electron chi connectivity index (χ2n) is 7.35. The van der Waals surface area contributed by atoms with E-state index in [2.05, 4.69) is 35.2 Å². The van der Waals surface area contributed by atoms with E-state index in [0.717, 1.165) is 27.9 Å². The molecule has 4 aromatic rings. The topological polar surface area (TPSA) is 51.0 Å². The zero-order valence-electron chi connectivity index (χ0n) is 17.1. The maximum absolute atomic E-state index is 12.9. The molecule has 150 valence electrons. The molecule has 0 N–H and O–H groups in total. The lowest BCUT2D eigenvalue weighted by atomic mass is 10.00. The van der Waals surface area contributed by atoms with Gasteiger partial charge in [-0.15, -0.1) is 0 Å². The van der Waals surface area contributed by atoms with Gasteiger partial charge < -0.3 is 4.90 Å². The molecule has 1 atom stereocenters. The van der Waals surface area contributed by atoms with Crippen molar-refractivity contribution in [2.24, 2.45) is 0 Å². The van der Waals surface area contributed by atoms with Crippen LogP contribution in [-0.4, -0.2) is 32.6 Å². The number of carbonyl (C=O) groups excluding carboxylic acids is 1. The number of benzene rings is 2. The van der Waals surface area contributed by atoms with E-state index >= 15 is 0 Å². The summed E-state index contributed by atoms with van der Waals surface area (Å²) in [6, 6.07) is 22.1. The highest BCUT2D eigenvalue weighted by Gasteiger charge is 2.19. The molecular formula is C25H24N4O. The van der Waals surface area contributed by atoms with Crippen molar-refractivity contribution in [1.29, 1.82) is 0 Å². The summed E-state index contributed by atoms with van der Waals surface area (Å²) >= 11 is 0. The minimum atomic E-state index is -0.0385. The van der Waals surface area contributed by atoms with E-state index in [1.54, 1.807) is 28.2 Å². The SMILES string of the molecule is CC(c1cccc(-c2ccncc2)c1)N(C)C(=O)Cc1cnn(-c2ccccc2)c1. The van der Waals surface area contributed by atoms with Crippen molar-refractivity contribution in [3.63, 3.8) is 0 Å². The molecule has 30 heavy (non-hydrogen) atoms. The highest BCUT2D eigenvalue weighted by molar-refractivity contribution is 5.79. The van der Waals surface area contributed by atoms with Crippen LogP contribution < -0.4 is 0 Å². The van der Waals surface area contributed by atoms with Crippen molar-refractivity contribution < 1.29 is 4.79 Å². The zero-order chi connectivity index (χ0) is 20.9. The highest BCUT2D eigenvalue weighted by atomic mass is 16.2. The molecule has 0 saturated heterocycles.